The van der Waals surface area contributed by atoms with E-state index in [0.717, 1.165) is 35.0 Å². The summed E-state index contributed by atoms with van der Waals surface area (Å²) in [5.74, 6) is 1.57. The van der Waals surface area contributed by atoms with Gasteiger partial charge in [-0.05, 0) is 38.2 Å². The van der Waals surface area contributed by atoms with Crippen molar-refractivity contribution in [3.63, 3.8) is 0 Å². The van der Waals surface area contributed by atoms with Crippen molar-refractivity contribution in [1.82, 2.24) is 19.7 Å². The van der Waals surface area contributed by atoms with Crippen LogP contribution >= 0.6 is 0 Å². The van der Waals surface area contributed by atoms with E-state index >= 15 is 0 Å². The molecule has 1 aliphatic heterocycles. The topological polar surface area (TPSA) is 108 Å². The van der Waals surface area contributed by atoms with Crippen LogP contribution in [-0.2, 0) is 4.79 Å². The first kappa shape index (κ1) is 20.5. The Labute approximate surface area is 186 Å². The van der Waals surface area contributed by atoms with E-state index in [-0.39, 0.29) is 11.8 Å². The predicted octanol–water partition coefficient (Wildman–Crippen LogP) is 2.94. The highest BCUT2D eigenvalue weighted by atomic mass is 16.5. The minimum atomic E-state index is -0.231. The third-order valence-electron chi connectivity index (χ3n) is 6.69. The minimum Gasteiger partial charge on any atom is -0.493 e. The number of benzene rings is 1. The van der Waals surface area contributed by atoms with Crippen molar-refractivity contribution >= 4 is 22.8 Å². The third-order valence-corrected chi connectivity index (χ3v) is 6.69. The van der Waals surface area contributed by atoms with E-state index in [2.05, 4.69) is 16.2 Å². The number of nitrogens with zero attached hydrogens (tertiary/aromatic N) is 5. The molecule has 2 aliphatic rings. The first-order chi connectivity index (χ1) is 15.6. The molecule has 0 atom stereocenters. The number of hydrogen-bond acceptors (Lipinski definition) is 7. The summed E-state index contributed by atoms with van der Waals surface area (Å²) in [6, 6.07) is 4.28. The van der Waals surface area contributed by atoms with E-state index in [1.165, 1.54) is 6.42 Å². The standard InChI is InChI=1S/C23H28N6O3/c1-31-19-10-17-18(11-20(19)32-2)26-23(28-8-6-14(7-9-28)22(24)30)27-21(17)15-12-25-29(13-15)16-4-3-5-16/h10-14,16H,3-9H2,1-2H3,(H2,24,30). The monoisotopic (exact) mass is 436 g/mol. The van der Waals surface area contributed by atoms with Gasteiger partial charge in [0, 0.05) is 42.2 Å². The second-order valence-corrected chi connectivity index (χ2v) is 8.55. The zero-order chi connectivity index (χ0) is 22.2. The number of piperidine rings is 1. The van der Waals surface area contributed by atoms with E-state index in [4.69, 9.17) is 25.2 Å². The number of ether oxygens (including phenoxy) is 2. The lowest BCUT2D eigenvalue weighted by atomic mass is 9.93. The van der Waals surface area contributed by atoms with Gasteiger partial charge in [0.25, 0.3) is 0 Å². The van der Waals surface area contributed by atoms with Crippen LogP contribution in [-0.4, -0.2) is 53.0 Å². The molecular weight excluding hydrogens is 408 g/mol. The zero-order valence-electron chi connectivity index (χ0n) is 18.5. The average Bonchev–Trinajstić information content (AvgIpc) is 3.25. The van der Waals surface area contributed by atoms with Gasteiger partial charge in [0.1, 0.15) is 0 Å². The smallest absolute Gasteiger partial charge is 0.226 e. The summed E-state index contributed by atoms with van der Waals surface area (Å²) < 4.78 is 13.1. The highest BCUT2D eigenvalue weighted by Crippen LogP contribution is 2.38. The Balaban J connectivity index is 1.59. The van der Waals surface area contributed by atoms with E-state index in [1.54, 1.807) is 14.2 Å². The maximum absolute atomic E-state index is 11.6. The van der Waals surface area contributed by atoms with Crippen LogP contribution in [0.1, 0.15) is 38.1 Å². The molecule has 0 unspecified atom stereocenters. The highest BCUT2D eigenvalue weighted by Gasteiger charge is 2.26. The Morgan fingerprint density at radius 1 is 1.06 bits per heavy atom. The molecule has 1 aromatic carbocycles. The van der Waals surface area contributed by atoms with Gasteiger partial charge in [0.15, 0.2) is 11.5 Å². The molecule has 1 amide bonds. The Kier molecular flexibility index (Phi) is 5.32. The molecule has 0 bridgehead atoms. The van der Waals surface area contributed by atoms with E-state index < -0.39 is 0 Å². The fraction of sp³-hybridized carbons (Fsp3) is 0.478. The molecule has 9 nitrogen and oxygen atoms in total. The molecule has 9 heteroatoms. The van der Waals surface area contributed by atoms with Gasteiger partial charge in [0.2, 0.25) is 11.9 Å². The van der Waals surface area contributed by atoms with Gasteiger partial charge >= 0.3 is 0 Å². The number of amides is 1. The van der Waals surface area contributed by atoms with Crippen LogP contribution in [0, 0.1) is 5.92 Å². The van der Waals surface area contributed by atoms with Gasteiger partial charge in [-0.25, -0.2) is 9.97 Å². The summed E-state index contributed by atoms with van der Waals surface area (Å²) >= 11 is 0. The molecule has 5 rings (SSSR count). The number of rotatable bonds is 6. The van der Waals surface area contributed by atoms with Gasteiger partial charge in [-0.2, -0.15) is 5.10 Å². The lowest BCUT2D eigenvalue weighted by Gasteiger charge is -2.31. The molecule has 1 saturated heterocycles. The van der Waals surface area contributed by atoms with Crippen LogP contribution in [0.15, 0.2) is 24.5 Å². The van der Waals surface area contributed by atoms with E-state index in [9.17, 15) is 4.79 Å². The second kappa shape index (κ2) is 8.29. The summed E-state index contributed by atoms with van der Waals surface area (Å²) in [6.07, 6.45) is 8.94. The molecule has 2 N–H and O–H groups in total. The second-order valence-electron chi connectivity index (χ2n) is 8.55. The molecule has 3 aromatic rings. The van der Waals surface area contributed by atoms with Crippen LogP contribution in [0.3, 0.4) is 0 Å². The molecule has 168 valence electrons. The molecule has 1 aliphatic carbocycles. The Morgan fingerprint density at radius 3 is 2.41 bits per heavy atom. The average molecular weight is 437 g/mol. The molecular formula is C23H28N6O3. The van der Waals surface area contributed by atoms with Crippen molar-refractivity contribution in [2.75, 3.05) is 32.2 Å². The molecule has 0 radical (unpaired) electrons. The summed E-state index contributed by atoms with van der Waals surface area (Å²) in [7, 11) is 3.24. The normalized spacial score (nSPS) is 17.4. The maximum atomic E-state index is 11.6. The predicted molar refractivity (Wildman–Crippen MR) is 121 cm³/mol. The number of carbonyl (C=O) groups excluding carboxylic acids is 1. The number of carbonyl (C=O) groups is 1. The molecule has 1 saturated carbocycles. The van der Waals surface area contributed by atoms with Crippen LogP contribution < -0.4 is 20.1 Å². The molecule has 2 fully saturated rings. The molecule has 3 heterocycles. The van der Waals surface area contributed by atoms with Crippen molar-refractivity contribution < 1.29 is 14.3 Å². The summed E-state index contributed by atoms with van der Waals surface area (Å²) in [6.45, 7) is 1.38. The van der Waals surface area contributed by atoms with Crippen LogP contribution in [0.2, 0.25) is 0 Å². The Bertz CT molecular complexity index is 1150. The number of aromatic nitrogens is 4. The lowest BCUT2D eigenvalue weighted by molar-refractivity contribution is -0.122. The maximum Gasteiger partial charge on any atom is 0.226 e. The number of hydrogen-bond donors (Lipinski definition) is 1. The number of methoxy groups -OCH3 is 2. The summed E-state index contributed by atoms with van der Waals surface area (Å²) in [5, 5.41) is 5.49. The van der Waals surface area contributed by atoms with Gasteiger partial charge in [0.05, 0.1) is 37.7 Å². The molecule has 32 heavy (non-hydrogen) atoms. The van der Waals surface area contributed by atoms with Gasteiger partial charge in [-0.1, -0.05) is 0 Å². The van der Waals surface area contributed by atoms with Crippen molar-refractivity contribution in [2.24, 2.45) is 11.7 Å². The first-order valence-corrected chi connectivity index (χ1v) is 11.1. The van der Waals surface area contributed by atoms with Crippen molar-refractivity contribution in [2.45, 2.75) is 38.1 Å². The summed E-state index contributed by atoms with van der Waals surface area (Å²) in [4.78, 5) is 23.5. The Hall–Kier alpha value is -3.36. The number of fused-ring (bicyclic) bond motifs is 1. The van der Waals surface area contributed by atoms with Gasteiger partial charge in [-0.3, -0.25) is 9.48 Å². The van der Waals surface area contributed by atoms with Gasteiger partial charge in [-0.15, -0.1) is 0 Å². The van der Waals surface area contributed by atoms with Crippen molar-refractivity contribution in [3.05, 3.63) is 24.5 Å². The number of primary amides is 1. The summed E-state index contributed by atoms with van der Waals surface area (Å²) in [5.41, 5.74) is 8.04. The fourth-order valence-corrected chi connectivity index (χ4v) is 4.48. The SMILES string of the molecule is COc1cc2nc(N3CCC(C(N)=O)CC3)nc(-c3cnn(C4CCC4)c3)c2cc1OC. The van der Waals surface area contributed by atoms with Crippen LogP contribution in [0.4, 0.5) is 5.95 Å². The molecule has 2 aromatic heterocycles. The van der Waals surface area contributed by atoms with Crippen LogP contribution in [0.5, 0.6) is 11.5 Å². The van der Waals surface area contributed by atoms with Crippen molar-refractivity contribution in [1.29, 1.82) is 0 Å². The molecule has 0 spiro atoms. The van der Waals surface area contributed by atoms with E-state index in [0.29, 0.717) is 49.4 Å². The van der Waals surface area contributed by atoms with Crippen LogP contribution in [0.25, 0.3) is 22.2 Å². The fourth-order valence-electron chi connectivity index (χ4n) is 4.48. The zero-order valence-corrected chi connectivity index (χ0v) is 18.5. The lowest BCUT2D eigenvalue weighted by Crippen LogP contribution is -2.39. The van der Waals surface area contributed by atoms with E-state index in [1.807, 2.05) is 23.0 Å². The van der Waals surface area contributed by atoms with Gasteiger partial charge < -0.3 is 20.1 Å². The quantitative estimate of drug-likeness (QED) is 0.633. The first-order valence-electron chi connectivity index (χ1n) is 11.1. The highest BCUT2D eigenvalue weighted by molar-refractivity contribution is 5.95. The largest absolute Gasteiger partial charge is 0.493 e. The third kappa shape index (κ3) is 3.61. The van der Waals surface area contributed by atoms with Crippen molar-refractivity contribution in [3.8, 4) is 22.8 Å². The Morgan fingerprint density at radius 2 is 1.78 bits per heavy atom. The number of anilines is 1. The minimum absolute atomic E-state index is 0.0868. The number of nitrogens with two attached hydrogens (primary N) is 1.